The van der Waals surface area contributed by atoms with E-state index in [-0.39, 0.29) is 37.0 Å². The molecule has 2 aromatic rings. The van der Waals surface area contributed by atoms with Crippen LogP contribution >= 0.6 is 0 Å². The largest absolute Gasteiger partial charge is 0.492 e. The molecule has 0 bridgehead atoms. The van der Waals surface area contributed by atoms with Crippen molar-refractivity contribution in [3.63, 3.8) is 0 Å². The van der Waals surface area contributed by atoms with Crippen LogP contribution in [0.5, 0.6) is 5.75 Å². The lowest BCUT2D eigenvalue weighted by atomic mass is 9.61. The van der Waals surface area contributed by atoms with Crippen molar-refractivity contribution in [2.75, 3.05) is 31.1 Å². The van der Waals surface area contributed by atoms with E-state index in [4.69, 9.17) is 16.2 Å². The van der Waals surface area contributed by atoms with Gasteiger partial charge in [-0.25, -0.2) is 14.8 Å². The molecule has 5 heterocycles. The standard InChI is InChI=1S/C31H35N9O6/c32-26-36-24-20(14-39-22(41)16-38(28(39)43)17-6-2-1-3-7-17)34-27(33)40-15-21(31(44,45)30(24,40)37-26)35-25(42)18-8-4-9-19-23(18)46-13-12-29(19)10-5-11-29/h1-4,6-9,20-21,24,44-45H,5,10-16H2,(H2,33,34)(H,35,42)(H3,32,36,37)/t20-,21?,24?,30?/m0/s1. The van der Waals surface area contributed by atoms with Gasteiger partial charge in [0, 0.05) is 23.2 Å². The van der Waals surface area contributed by atoms with E-state index in [1.54, 1.807) is 30.3 Å². The summed E-state index contributed by atoms with van der Waals surface area (Å²) < 4.78 is 6.00. The number of benzene rings is 2. The molecule has 1 saturated carbocycles. The van der Waals surface area contributed by atoms with Crippen LogP contribution in [-0.2, 0) is 10.2 Å². The molecule has 2 saturated heterocycles. The number of imide groups is 1. The molecule has 8 rings (SSSR count). The summed E-state index contributed by atoms with van der Waals surface area (Å²) in [6.07, 6.45) is 4.10. The van der Waals surface area contributed by atoms with E-state index in [1.807, 2.05) is 18.2 Å². The van der Waals surface area contributed by atoms with Crippen molar-refractivity contribution in [1.82, 2.24) is 20.4 Å². The Kier molecular flexibility index (Phi) is 6.09. The Morgan fingerprint density at radius 2 is 1.85 bits per heavy atom. The second-order valence-electron chi connectivity index (χ2n) is 12.9. The van der Waals surface area contributed by atoms with Gasteiger partial charge in [-0.15, -0.1) is 0 Å². The molecule has 240 valence electrons. The van der Waals surface area contributed by atoms with E-state index in [1.165, 1.54) is 9.80 Å². The normalized spacial score (nSPS) is 30.0. The molecule has 3 fully saturated rings. The number of aliphatic hydroxyl groups is 2. The molecule has 5 aliphatic heterocycles. The number of carbonyl (C=O) groups excluding carboxylic acids is 3. The molecule has 15 nitrogen and oxygen atoms in total. The Hall–Kier alpha value is -4.89. The number of nitrogens with one attached hydrogen (secondary N) is 2. The lowest BCUT2D eigenvalue weighted by Gasteiger charge is -2.49. The average molecular weight is 630 g/mol. The zero-order valence-electron chi connectivity index (χ0n) is 24.9. The summed E-state index contributed by atoms with van der Waals surface area (Å²) in [5.41, 5.74) is 12.6. The van der Waals surface area contributed by atoms with Crippen LogP contribution in [0.4, 0.5) is 10.5 Å². The molecule has 15 heteroatoms. The maximum Gasteiger partial charge on any atom is 0.331 e. The predicted molar refractivity (Wildman–Crippen MR) is 165 cm³/mol. The average Bonchev–Trinajstić information content (AvgIpc) is 3.61. The number of fused-ring (bicyclic) bond motifs is 2. The van der Waals surface area contributed by atoms with Crippen LogP contribution in [0.1, 0.15) is 41.6 Å². The Bertz CT molecular complexity index is 1710. The highest BCUT2D eigenvalue weighted by Gasteiger charge is 2.73. The molecular weight excluding hydrogens is 594 g/mol. The first-order chi connectivity index (χ1) is 22.1. The minimum absolute atomic E-state index is 0.0145. The van der Waals surface area contributed by atoms with Gasteiger partial charge in [-0.1, -0.05) is 36.8 Å². The van der Waals surface area contributed by atoms with Gasteiger partial charge in [-0.05, 0) is 37.5 Å². The summed E-state index contributed by atoms with van der Waals surface area (Å²) in [6.45, 7) is -0.0330. The maximum atomic E-state index is 13.8. The van der Waals surface area contributed by atoms with Gasteiger partial charge in [0.25, 0.3) is 11.8 Å². The minimum Gasteiger partial charge on any atom is -0.492 e. The molecule has 4 amide bonds. The lowest BCUT2D eigenvalue weighted by molar-refractivity contribution is -0.230. The summed E-state index contributed by atoms with van der Waals surface area (Å²) in [6, 6.07) is 10.4. The second kappa shape index (κ2) is 9.80. The highest BCUT2D eigenvalue weighted by molar-refractivity contribution is 6.12. The first kappa shape index (κ1) is 28.6. The van der Waals surface area contributed by atoms with Crippen LogP contribution in [0.2, 0.25) is 0 Å². The summed E-state index contributed by atoms with van der Waals surface area (Å²) in [7, 11) is 0. The summed E-state index contributed by atoms with van der Waals surface area (Å²) >= 11 is 0. The number of carbonyl (C=O) groups is 3. The number of ether oxygens (including phenoxy) is 1. The van der Waals surface area contributed by atoms with Crippen LogP contribution in [0, 0.1) is 0 Å². The molecule has 0 radical (unpaired) electrons. The molecule has 1 aliphatic carbocycles. The number of urea groups is 1. The minimum atomic E-state index is -2.68. The van der Waals surface area contributed by atoms with Crippen molar-refractivity contribution < 1.29 is 29.3 Å². The third-order valence-corrected chi connectivity index (χ3v) is 10.6. The van der Waals surface area contributed by atoms with Gasteiger partial charge in [0.05, 0.1) is 24.8 Å². The van der Waals surface area contributed by atoms with Gasteiger partial charge in [-0.3, -0.25) is 19.4 Å². The van der Waals surface area contributed by atoms with Crippen molar-refractivity contribution in [2.45, 2.75) is 60.7 Å². The van der Waals surface area contributed by atoms with Crippen LogP contribution in [-0.4, -0.2) is 106 Å². The van der Waals surface area contributed by atoms with Crippen LogP contribution in [0.25, 0.3) is 0 Å². The molecule has 6 aliphatic rings. The highest BCUT2D eigenvalue weighted by Crippen LogP contribution is 2.52. The number of nitrogens with two attached hydrogens (primary N) is 2. The van der Waals surface area contributed by atoms with E-state index in [0.29, 0.717) is 23.6 Å². The van der Waals surface area contributed by atoms with Gasteiger partial charge in [-0.2, -0.15) is 0 Å². The number of nitrogens with zero attached hydrogens (tertiary/aromatic N) is 5. The number of aliphatic imine (C=N–C) groups is 2. The molecule has 4 atom stereocenters. The van der Waals surface area contributed by atoms with Crippen LogP contribution in [0.15, 0.2) is 58.5 Å². The van der Waals surface area contributed by atoms with E-state index in [2.05, 4.69) is 20.6 Å². The van der Waals surface area contributed by atoms with E-state index in [9.17, 15) is 24.6 Å². The first-order valence-corrected chi connectivity index (χ1v) is 15.5. The maximum absolute atomic E-state index is 13.8. The second-order valence-corrected chi connectivity index (χ2v) is 12.9. The summed E-state index contributed by atoms with van der Waals surface area (Å²) in [5, 5.41) is 29.5. The van der Waals surface area contributed by atoms with Gasteiger partial charge in [0.1, 0.15) is 24.4 Å². The fourth-order valence-corrected chi connectivity index (χ4v) is 8.08. The Labute approximate surface area is 263 Å². The van der Waals surface area contributed by atoms with Crippen molar-refractivity contribution >= 4 is 35.5 Å². The molecule has 2 spiro atoms. The van der Waals surface area contributed by atoms with Crippen molar-refractivity contribution in [3.8, 4) is 5.75 Å². The Morgan fingerprint density at radius 3 is 2.59 bits per heavy atom. The smallest absolute Gasteiger partial charge is 0.331 e. The third-order valence-electron chi connectivity index (χ3n) is 10.6. The molecular formula is C31H35N9O6. The van der Waals surface area contributed by atoms with Gasteiger partial charge >= 0.3 is 6.03 Å². The van der Waals surface area contributed by atoms with E-state index < -0.39 is 47.4 Å². The van der Waals surface area contributed by atoms with Crippen molar-refractivity contribution in [3.05, 3.63) is 59.7 Å². The van der Waals surface area contributed by atoms with Crippen LogP contribution in [0.3, 0.4) is 0 Å². The fraction of sp³-hybridized carbons (Fsp3) is 0.452. The predicted octanol–water partition coefficient (Wildman–Crippen LogP) is -0.866. The number of para-hydroxylation sites is 2. The first-order valence-electron chi connectivity index (χ1n) is 15.5. The van der Waals surface area contributed by atoms with Gasteiger partial charge < -0.3 is 42.0 Å². The van der Waals surface area contributed by atoms with Crippen LogP contribution < -0.4 is 31.7 Å². The van der Waals surface area contributed by atoms with E-state index in [0.717, 1.165) is 36.1 Å². The van der Waals surface area contributed by atoms with Crippen molar-refractivity contribution in [2.24, 2.45) is 21.5 Å². The number of rotatable bonds is 5. The Balaban J connectivity index is 1.07. The molecule has 46 heavy (non-hydrogen) atoms. The van der Waals surface area contributed by atoms with E-state index >= 15 is 0 Å². The topological polar surface area (TPSA) is 211 Å². The number of hydrogen-bond donors (Lipinski definition) is 6. The highest BCUT2D eigenvalue weighted by atomic mass is 16.5. The summed E-state index contributed by atoms with van der Waals surface area (Å²) in [4.78, 5) is 53.0. The third kappa shape index (κ3) is 3.81. The monoisotopic (exact) mass is 629 g/mol. The SMILES string of the molecule is NC1=NC2[C@H](CN3C(=O)CN(c4ccccc4)C3=O)N=C(N)N3CC(NC(=O)c4cccc5c4OCCC54CCC4)C(O)(O)C23N1. The fourth-order valence-electron chi connectivity index (χ4n) is 8.08. The quantitative estimate of drug-likeness (QED) is 0.178. The molecule has 8 N–H and O–H groups in total. The molecule has 2 aromatic carbocycles. The number of guanidine groups is 2. The Morgan fingerprint density at radius 1 is 1.07 bits per heavy atom. The zero-order valence-corrected chi connectivity index (χ0v) is 24.9. The number of amides is 4. The number of anilines is 1. The van der Waals surface area contributed by atoms with Gasteiger partial charge in [0.15, 0.2) is 17.6 Å². The van der Waals surface area contributed by atoms with Gasteiger partial charge in [0.2, 0.25) is 5.79 Å². The van der Waals surface area contributed by atoms with Crippen molar-refractivity contribution in [1.29, 1.82) is 0 Å². The number of hydrogen-bond acceptors (Lipinski definition) is 12. The summed E-state index contributed by atoms with van der Waals surface area (Å²) in [5.74, 6) is -3.34. The molecule has 0 aromatic heterocycles. The lowest BCUT2D eigenvalue weighted by Crippen LogP contribution is -2.78. The zero-order chi connectivity index (χ0) is 32.0. The molecule has 3 unspecified atom stereocenters.